The molecule has 23 heavy (non-hydrogen) atoms. The molecule has 0 radical (unpaired) electrons. The topological polar surface area (TPSA) is 50.1 Å². The Morgan fingerprint density at radius 2 is 2.09 bits per heavy atom. The van der Waals surface area contributed by atoms with Crippen LogP contribution in [0.1, 0.15) is 18.1 Å². The van der Waals surface area contributed by atoms with Gasteiger partial charge in [0.1, 0.15) is 5.82 Å². The molecule has 0 aliphatic carbocycles. The normalized spacial score (nSPS) is 13.9. The van der Waals surface area contributed by atoms with Gasteiger partial charge in [0.15, 0.2) is 0 Å². The Labute approximate surface area is 138 Å². The molecule has 4 nitrogen and oxygen atoms in total. The Kier molecular flexibility index (Phi) is 4.56. The molecule has 0 aliphatic heterocycles. The Morgan fingerprint density at radius 1 is 1.30 bits per heavy atom. The summed E-state index contributed by atoms with van der Waals surface area (Å²) in [6, 6.07) is 8.11. The van der Waals surface area contributed by atoms with E-state index in [1.165, 1.54) is 12.1 Å². The molecule has 1 atom stereocenters. The molecule has 0 saturated carbocycles. The smallest absolute Gasteiger partial charge is 0.123 e. The fourth-order valence-corrected chi connectivity index (χ4v) is 3.09. The lowest BCUT2D eigenvalue weighted by atomic mass is 9.99. The van der Waals surface area contributed by atoms with E-state index >= 15 is 0 Å². The Balaban J connectivity index is 1.58. The molecular weight excluding hydrogens is 313 g/mol. The Morgan fingerprint density at radius 3 is 2.78 bits per heavy atom. The molecule has 0 spiro atoms. The number of halogens is 1. The summed E-state index contributed by atoms with van der Waals surface area (Å²) >= 11 is 1.57. The summed E-state index contributed by atoms with van der Waals surface area (Å²) in [6.07, 6.45) is 3.65. The van der Waals surface area contributed by atoms with E-state index in [0.29, 0.717) is 13.1 Å². The molecule has 0 amide bonds. The first kappa shape index (κ1) is 15.9. The lowest BCUT2D eigenvalue weighted by molar-refractivity contribution is 0.0571. The van der Waals surface area contributed by atoms with E-state index in [1.54, 1.807) is 41.3 Å². The molecule has 0 fully saturated rings. The van der Waals surface area contributed by atoms with Crippen molar-refractivity contribution in [2.45, 2.75) is 19.1 Å². The van der Waals surface area contributed by atoms with Crippen LogP contribution in [0, 0.1) is 5.82 Å². The van der Waals surface area contributed by atoms with Crippen LogP contribution >= 0.6 is 11.3 Å². The van der Waals surface area contributed by atoms with Gasteiger partial charge in [0, 0.05) is 24.8 Å². The number of rotatable bonds is 6. The second-order valence-corrected chi connectivity index (χ2v) is 6.44. The summed E-state index contributed by atoms with van der Waals surface area (Å²) in [4.78, 5) is 0. The number of thiophene rings is 1. The van der Waals surface area contributed by atoms with Gasteiger partial charge in [-0.05, 0) is 53.6 Å². The predicted octanol–water partition coefficient (Wildman–Crippen LogP) is 3.07. The minimum absolute atomic E-state index is 0.265. The van der Waals surface area contributed by atoms with Gasteiger partial charge in [0.25, 0.3) is 0 Å². The highest BCUT2D eigenvalue weighted by atomic mass is 32.1. The van der Waals surface area contributed by atoms with Crippen molar-refractivity contribution in [3.05, 3.63) is 70.4 Å². The van der Waals surface area contributed by atoms with E-state index < -0.39 is 5.60 Å². The van der Waals surface area contributed by atoms with Crippen molar-refractivity contribution in [3.8, 4) is 5.69 Å². The summed E-state index contributed by atoms with van der Waals surface area (Å²) in [5.41, 5.74) is 1.82. The fraction of sp³-hybridized carbons (Fsp3) is 0.235. The van der Waals surface area contributed by atoms with Crippen molar-refractivity contribution in [1.82, 2.24) is 15.1 Å². The van der Waals surface area contributed by atoms with E-state index in [1.807, 2.05) is 23.0 Å². The molecule has 1 aromatic carbocycles. The largest absolute Gasteiger partial charge is 0.384 e. The average Bonchev–Trinajstić information content (AvgIpc) is 3.19. The van der Waals surface area contributed by atoms with Crippen molar-refractivity contribution in [2.75, 3.05) is 6.54 Å². The lowest BCUT2D eigenvalue weighted by Crippen LogP contribution is -2.34. The third-order valence-electron chi connectivity index (χ3n) is 3.67. The zero-order chi connectivity index (χ0) is 16.3. The molecule has 120 valence electrons. The van der Waals surface area contributed by atoms with E-state index in [9.17, 15) is 9.50 Å². The van der Waals surface area contributed by atoms with Crippen LogP contribution < -0.4 is 5.32 Å². The quantitative estimate of drug-likeness (QED) is 0.730. The Hall–Kier alpha value is -2.02. The molecule has 2 aromatic heterocycles. The number of aromatic nitrogens is 2. The molecule has 0 bridgehead atoms. The van der Waals surface area contributed by atoms with Gasteiger partial charge in [-0.2, -0.15) is 16.4 Å². The standard InChI is InChI=1S/C17H18FN3OS/c1-17(22,14-6-7-23-11-14)12-19-8-13-9-20-21(10-13)16-4-2-15(18)3-5-16/h2-7,9-11,19,22H,8,12H2,1H3. The lowest BCUT2D eigenvalue weighted by Gasteiger charge is -2.22. The highest BCUT2D eigenvalue weighted by Gasteiger charge is 2.22. The number of nitrogens with zero attached hydrogens (tertiary/aromatic N) is 2. The van der Waals surface area contributed by atoms with Gasteiger partial charge in [-0.3, -0.25) is 0 Å². The number of hydrogen-bond donors (Lipinski definition) is 2. The van der Waals surface area contributed by atoms with Gasteiger partial charge in [0.2, 0.25) is 0 Å². The first-order chi connectivity index (χ1) is 11.0. The summed E-state index contributed by atoms with van der Waals surface area (Å²) in [5, 5.41) is 21.9. The molecule has 0 aliphatic rings. The SMILES string of the molecule is CC(O)(CNCc1cnn(-c2ccc(F)cc2)c1)c1ccsc1. The number of nitrogens with one attached hydrogen (secondary N) is 1. The van der Waals surface area contributed by atoms with Gasteiger partial charge >= 0.3 is 0 Å². The van der Waals surface area contributed by atoms with Crippen molar-refractivity contribution in [3.63, 3.8) is 0 Å². The van der Waals surface area contributed by atoms with Gasteiger partial charge in [-0.15, -0.1) is 0 Å². The van der Waals surface area contributed by atoms with E-state index in [4.69, 9.17) is 0 Å². The van der Waals surface area contributed by atoms with Crippen LogP contribution in [0.3, 0.4) is 0 Å². The van der Waals surface area contributed by atoms with Crippen LogP contribution in [0.4, 0.5) is 4.39 Å². The van der Waals surface area contributed by atoms with Gasteiger partial charge in [-0.25, -0.2) is 9.07 Å². The second-order valence-electron chi connectivity index (χ2n) is 5.66. The van der Waals surface area contributed by atoms with Gasteiger partial charge in [-0.1, -0.05) is 0 Å². The van der Waals surface area contributed by atoms with Crippen LogP contribution in [0.2, 0.25) is 0 Å². The van der Waals surface area contributed by atoms with E-state index in [2.05, 4.69) is 10.4 Å². The summed E-state index contributed by atoms with van der Waals surface area (Å²) in [6.45, 7) is 2.84. The Bertz CT molecular complexity index is 751. The van der Waals surface area contributed by atoms with Crippen LogP contribution in [-0.4, -0.2) is 21.4 Å². The maximum absolute atomic E-state index is 12.9. The molecule has 0 saturated heterocycles. The minimum atomic E-state index is -0.896. The molecule has 1 unspecified atom stereocenters. The first-order valence-electron chi connectivity index (χ1n) is 7.30. The van der Waals surface area contributed by atoms with Crippen molar-refractivity contribution in [2.24, 2.45) is 0 Å². The third kappa shape index (κ3) is 3.85. The highest BCUT2D eigenvalue weighted by molar-refractivity contribution is 7.08. The highest BCUT2D eigenvalue weighted by Crippen LogP contribution is 2.22. The molecular formula is C17H18FN3OS. The van der Waals surface area contributed by atoms with Crippen molar-refractivity contribution >= 4 is 11.3 Å². The predicted molar refractivity (Wildman–Crippen MR) is 89.1 cm³/mol. The molecule has 2 heterocycles. The summed E-state index contributed by atoms with van der Waals surface area (Å²) in [7, 11) is 0. The summed E-state index contributed by atoms with van der Waals surface area (Å²) < 4.78 is 14.6. The van der Waals surface area contributed by atoms with Gasteiger partial charge < -0.3 is 10.4 Å². The molecule has 3 aromatic rings. The zero-order valence-corrected chi connectivity index (χ0v) is 13.6. The zero-order valence-electron chi connectivity index (χ0n) is 12.7. The average molecular weight is 331 g/mol. The van der Waals surface area contributed by atoms with Crippen LogP contribution in [0.25, 0.3) is 5.69 Å². The number of benzene rings is 1. The van der Waals surface area contributed by atoms with Gasteiger partial charge in [0.05, 0.1) is 17.5 Å². The first-order valence-corrected chi connectivity index (χ1v) is 8.24. The van der Waals surface area contributed by atoms with Crippen molar-refractivity contribution < 1.29 is 9.50 Å². The summed E-state index contributed by atoms with van der Waals surface area (Å²) in [5.74, 6) is -0.265. The van der Waals surface area contributed by atoms with Crippen LogP contribution in [0.15, 0.2) is 53.5 Å². The third-order valence-corrected chi connectivity index (χ3v) is 4.35. The second kappa shape index (κ2) is 6.62. The monoisotopic (exact) mass is 331 g/mol. The molecule has 2 N–H and O–H groups in total. The minimum Gasteiger partial charge on any atom is -0.384 e. The van der Waals surface area contributed by atoms with E-state index in [-0.39, 0.29) is 5.82 Å². The number of aliphatic hydroxyl groups is 1. The van der Waals surface area contributed by atoms with Crippen LogP contribution in [0.5, 0.6) is 0 Å². The molecule has 6 heteroatoms. The van der Waals surface area contributed by atoms with Crippen molar-refractivity contribution in [1.29, 1.82) is 0 Å². The number of hydrogen-bond acceptors (Lipinski definition) is 4. The van der Waals surface area contributed by atoms with E-state index in [0.717, 1.165) is 16.8 Å². The maximum Gasteiger partial charge on any atom is 0.123 e. The molecule has 3 rings (SSSR count). The maximum atomic E-state index is 12.9. The van der Waals surface area contributed by atoms with Crippen LogP contribution in [-0.2, 0) is 12.1 Å². The fourth-order valence-electron chi connectivity index (χ4n) is 2.31.